The molecule has 0 spiro atoms. The van der Waals surface area contributed by atoms with E-state index in [-0.39, 0.29) is 12.5 Å². The number of hydrogen-bond acceptors (Lipinski definition) is 5. The average molecular weight is 393 g/mol. The van der Waals surface area contributed by atoms with Gasteiger partial charge in [0.15, 0.2) is 0 Å². The van der Waals surface area contributed by atoms with Crippen LogP contribution in [-0.4, -0.2) is 43.5 Å². The second kappa shape index (κ2) is 6.06. The molecule has 1 aliphatic carbocycles. The van der Waals surface area contributed by atoms with Gasteiger partial charge in [-0.15, -0.1) is 11.3 Å². The lowest BCUT2D eigenvalue weighted by Gasteiger charge is -2.23. The van der Waals surface area contributed by atoms with Crippen molar-refractivity contribution in [1.82, 2.24) is 9.62 Å². The molecule has 6 nitrogen and oxygen atoms in total. The number of fused-ring (bicyclic) bond motifs is 1. The summed E-state index contributed by atoms with van der Waals surface area (Å²) in [6, 6.07) is 9.68. The number of thiophene rings is 1. The molecular weight excluding hydrogens is 372 g/mol. The molecule has 138 valence electrons. The summed E-state index contributed by atoms with van der Waals surface area (Å²) in [5.74, 6) is -0.608. The van der Waals surface area contributed by atoms with Gasteiger partial charge in [0.25, 0.3) is 5.91 Å². The van der Waals surface area contributed by atoms with Crippen molar-refractivity contribution >= 4 is 43.3 Å². The van der Waals surface area contributed by atoms with Gasteiger partial charge in [0.05, 0.1) is 15.5 Å². The highest BCUT2D eigenvalue weighted by molar-refractivity contribution is 7.90. The molecule has 2 amide bonds. The zero-order valence-corrected chi connectivity index (χ0v) is 16.0. The Balaban J connectivity index is 1.48. The summed E-state index contributed by atoms with van der Waals surface area (Å²) in [5, 5.41) is 0.587. The SMILES string of the molecule is CC1(C(=O)NS(=O)(=O)C2CC2)CCN(C(=O)c2cc3ccccc3s2)C1. The molecule has 4 rings (SSSR count). The fraction of sp³-hybridized carbons (Fsp3) is 0.444. The van der Waals surface area contributed by atoms with Gasteiger partial charge in [0.2, 0.25) is 15.9 Å². The van der Waals surface area contributed by atoms with Gasteiger partial charge in [0, 0.05) is 17.8 Å². The first kappa shape index (κ1) is 17.5. The highest BCUT2D eigenvalue weighted by atomic mass is 32.2. The molecule has 26 heavy (non-hydrogen) atoms. The van der Waals surface area contributed by atoms with Gasteiger partial charge < -0.3 is 4.90 Å². The molecule has 0 bridgehead atoms. The number of rotatable bonds is 4. The van der Waals surface area contributed by atoms with E-state index in [0.717, 1.165) is 10.1 Å². The van der Waals surface area contributed by atoms with Crippen molar-refractivity contribution in [3.63, 3.8) is 0 Å². The van der Waals surface area contributed by atoms with E-state index in [0.29, 0.717) is 30.7 Å². The molecule has 1 aromatic heterocycles. The van der Waals surface area contributed by atoms with Crippen LogP contribution < -0.4 is 4.72 Å². The number of carbonyl (C=O) groups is 2. The molecule has 2 aromatic rings. The van der Waals surface area contributed by atoms with Crippen molar-refractivity contribution in [1.29, 1.82) is 0 Å². The summed E-state index contributed by atoms with van der Waals surface area (Å²) in [7, 11) is -3.57. The Morgan fingerprint density at radius 2 is 2.00 bits per heavy atom. The largest absolute Gasteiger partial charge is 0.337 e. The maximum atomic E-state index is 12.8. The number of nitrogens with zero attached hydrogens (tertiary/aromatic N) is 1. The van der Waals surface area contributed by atoms with Gasteiger partial charge in [-0.2, -0.15) is 0 Å². The second-order valence-corrected chi connectivity index (χ2v) is 10.4. The molecule has 1 aliphatic heterocycles. The van der Waals surface area contributed by atoms with Crippen LogP contribution in [0.15, 0.2) is 30.3 Å². The van der Waals surface area contributed by atoms with Crippen LogP contribution in [0.4, 0.5) is 0 Å². The number of nitrogens with one attached hydrogen (secondary N) is 1. The molecule has 1 unspecified atom stereocenters. The fourth-order valence-corrected chi connectivity index (χ4v) is 5.74. The van der Waals surface area contributed by atoms with Crippen LogP contribution in [0.25, 0.3) is 10.1 Å². The van der Waals surface area contributed by atoms with Gasteiger partial charge in [-0.1, -0.05) is 18.2 Å². The van der Waals surface area contributed by atoms with Crippen LogP contribution in [0.3, 0.4) is 0 Å². The number of benzene rings is 1. The van der Waals surface area contributed by atoms with Crippen molar-refractivity contribution in [3.05, 3.63) is 35.2 Å². The first-order chi connectivity index (χ1) is 12.3. The molecule has 8 heteroatoms. The third-order valence-corrected chi connectivity index (χ3v) is 8.07. The lowest BCUT2D eigenvalue weighted by atomic mass is 9.89. The summed E-state index contributed by atoms with van der Waals surface area (Å²) < 4.78 is 27.3. The Morgan fingerprint density at radius 1 is 1.27 bits per heavy atom. The number of hydrogen-bond donors (Lipinski definition) is 1. The topological polar surface area (TPSA) is 83.6 Å². The van der Waals surface area contributed by atoms with Gasteiger partial charge in [0.1, 0.15) is 0 Å². The lowest BCUT2D eigenvalue weighted by Crippen LogP contribution is -2.45. The molecule has 2 fully saturated rings. The number of carbonyl (C=O) groups excluding carboxylic acids is 2. The lowest BCUT2D eigenvalue weighted by molar-refractivity contribution is -0.127. The summed E-state index contributed by atoms with van der Waals surface area (Å²) in [6.07, 6.45) is 1.67. The van der Waals surface area contributed by atoms with E-state index < -0.39 is 26.6 Å². The Kier molecular flexibility index (Phi) is 4.07. The minimum atomic E-state index is -3.57. The van der Waals surface area contributed by atoms with E-state index in [2.05, 4.69) is 4.72 Å². The average Bonchev–Trinajstić information content (AvgIpc) is 3.26. The molecule has 1 aromatic carbocycles. The van der Waals surface area contributed by atoms with Crippen molar-refractivity contribution in [2.75, 3.05) is 13.1 Å². The van der Waals surface area contributed by atoms with Crippen LogP contribution in [0, 0.1) is 5.41 Å². The van der Waals surface area contributed by atoms with Gasteiger partial charge >= 0.3 is 0 Å². The maximum absolute atomic E-state index is 12.8. The number of sulfonamides is 1. The predicted molar refractivity (Wildman–Crippen MR) is 101 cm³/mol. The first-order valence-electron chi connectivity index (χ1n) is 8.62. The van der Waals surface area contributed by atoms with Crippen LogP contribution in [-0.2, 0) is 14.8 Å². The molecule has 1 N–H and O–H groups in total. The monoisotopic (exact) mass is 392 g/mol. The van der Waals surface area contributed by atoms with E-state index in [9.17, 15) is 18.0 Å². The van der Waals surface area contributed by atoms with Crippen molar-refractivity contribution < 1.29 is 18.0 Å². The van der Waals surface area contributed by atoms with Crippen molar-refractivity contribution in [2.24, 2.45) is 5.41 Å². The van der Waals surface area contributed by atoms with Crippen molar-refractivity contribution in [3.8, 4) is 0 Å². The molecule has 1 atom stereocenters. The molecular formula is C18H20N2O4S2. The maximum Gasteiger partial charge on any atom is 0.263 e. The van der Waals surface area contributed by atoms with Crippen LogP contribution in [0.5, 0.6) is 0 Å². The molecule has 2 aliphatic rings. The first-order valence-corrected chi connectivity index (χ1v) is 11.0. The van der Waals surface area contributed by atoms with Crippen LogP contribution in [0.1, 0.15) is 35.9 Å². The van der Waals surface area contributed by atoms with Crippen molar-refractivity contribution in [2.45, 2.75) is 31.4 Å². The second-order valence-electron chi connectivity index (χ2n) is 7.36. The molecule has 2 heterocycles. The summed E-state index contributed by atoms with van der Waals surface area (Å²) in [6.45, 7) is 2.40. The highest BCUT2D eigenvalue weighted by Crippen LogP contribution is 2.34. The van der Waals surface area contributed by atoms with E-state index in [1.54, 1.807) is 11.8 Å². The summed E-state index contributed by atoms with van der Waals surface area (Å²) in [5.41, 5.74) is -0.881. The molecule has 1 saturated carbocycles. The van der Waals surface area contributed by atoms with Crippen LogP contribution in [0.2, 0.25) is 0 Å². The minimum Gasteiger partial charge on any atom is -0.337 e. The zero-order valence-electron chi connectivity index (χ0n) is 14.4. The van der Waals surface area contributed by atoms with E-state index in [1.165, 1.54) is 11.3 Å². The highest BCUT2D eigenvalue weighted by Gasteiger charge is 2.45. The number of likely N-dealkylation sites (tertiary alicyclic amines) is 1. The Morgan fingerprint density at radius 3 is 2.69 bits per heavy atom. The van der Waals surface area contributed by atoms with Gasteiger partial charge in [-0.25, -0.2) is 8.42 Å². The summed E-state index contributed by atoms with van der Waals surface area (Å²) in [4.78, 5) is 27.6. The smallest absolute Gasteiger partial charge is 0.263 e. The van der Waals surface area contributed by atoms with Gasteiger partial charge in [-0.3, -0.25) is 14.3 Å². The third kappa shape index (κ3) is 3.12. The third-order valence-electron chi connectivity index (χ3n) is 5.14. The predicted octanol–water partition coefficient (Wildman–Crippen LogP) is 2.36. The van der Waals surface area contributed by atoms with E-state index in [4.69, 9.17) is 0 Å². The van der Waals surface area contributed by atoms with Gasteiger partial charge in [-0.05, 0) is 43.7 Å². The van der Waals surface area contributed by atoms with E-state index in [1.807, 2.05) is 30.3 Å². The zero-order chi connectivity index (χ0) is 18.5. The number of amides is 2. The standard InChI is InChI=1S/C18H20N2O4S2/c1-18(17(22)19-26(23,24)13-6-7-13)8-9-20(11-18)16(21)15-10-12-4-2-3-5-14(12)25-15/h2-5,10,13H,6-9,11H2,1H3,(H,19,22). The molecule has 1 saturated heterocycles. The minimum absolute atomic E-state index is 0.104. The van der Waals surface area contributed by atoms with E-state index >= 15 is 0 Å². The molecule has 0 radical (unpaired) electrons. The Labute approximate surface area is 156 Å². The quantitative estimate of drug-likeness (QED) is 0.866. The fourth-order valence-electron chi connectivity index (χ4n) is 3.28. The normalized spacial score (nSPS) is 23.3. The van der Waals surface area contributed by atoms with Crippen LogP contribution >= 0.6 is 11.3 Å². The Bertz CT molecular complexity index is 961. The Hall–Kier alpha value is -1.93. The summed E-state index contributed by atoms with van der Waals surface area (Å²) >= 11 is 1.44.